The van der Waals surface area contributed by atoms with E-state index in [-0.39, 0.29) is 23.7 Å². The Morgan fingerprint density at radius 3 is 2.48 bits per heavy atom. The predicted octanol–water partition coefficient (Wildman–Crippen LogP) is 4.09. The molecule has 2 aliphatic rings. The molecule has 31 heavy (non-hydrogen) atoms. The third-order valence-corrected chi connectivity index (χ3v) is 5.93. The summed E-state index contributed by atoms with van der Waals surface area (Å²) in [5.74, 6) is 1.19. The van der Waals surface area contributed by atoms with Crippen LogP contribution in [0, 0.1) is 5.92 Å². The van der Waals surface area contributed by atoms with Gasteiger partial charge in [0.25, 0.3) is 11.8 Å². The SMILES string of the molecule is COCc1nc(C2(CC3CC3)CCN(C(=O)c3ccc(OC(F)(F)F)cc3)CC2)no1. The van der Waals surface area contributed by atoms with Gasteiger partial charge in [0.1, 0.15) is 12.4 Å². The van der Waals surface area contributed by atoms with Gasteiger partial charge in [-0.1, -0.05) is 18.0 Å². The molecule has 0 spiro atoms. The van der Waals surface area contributed by atoms with Gasteiger partial charge in [0, 0.05) is 31.2 Å². The van der Waals surface area contributed by atoms with Crippen LogP contribution in [0.15, 0.2) is 28.8 Å². The highest BCUT2D eigenvalue weighted by atomic mass is 19.4. The fraction of sp³-hybridized carbons (Fsp3) is 0.571. The minimum absolute atomic E-state index is 0.216. The van der Waals surface area contributed by atoms with Crippen molar-refractivity contribution >= 4 is 5.91 Å². The molecule has 7 nitrogen and oxygen atoms in total. The first-order valence-electron chi connectivity index (χ1n) is 10.3. The number of ether oxygens (including phenoxy) is 2. The highest BCUT2D eigenvalue weighted by molar-refractivity contribution is 5.94. The van der Waals surface area contributed by atoms with Gasteiger partial charge in [-0.15, -0.1) is 13.2 Å². The van der Waals surface area contributed by atoms with Crippen molar-refractivity contribution in [3.05, 3.63) is 41.5 Å². The number of hydrogen-bond acceptors (Lipinski definition) is 6. The lowest BCUT2D eigenvalue weighted by Gasteiger charge is -2.40. The number of methoxy groups -OCH3 is 1. The number of rotatable bonds is 7. The fourth-order valence-electron chi connectivity index (χ4n) is 4.17. The number of nitrogens with zero attached hydrogens (tertiary/aromatic N) is 3. The lowest BCUT2D eigenvalue weighted by Crippen LogP contribution is -2.46. The van der Waals surface area contributed by atoms with Crippen LogP contribution in [0.3, 0.4) is 0 Å². The first-order valence-corrected chi connectivity index (χ1v) is 10.3. The summed E-state index contributed by atoms with van der Waals surface area (Å²) in [5, 5.41) is 4.20. The van der Waals surface area contributed by atoms with Gasteiger partial charge < -0.3 is 18.9 Å². The Hall–Kier alpha value is -2.62. The van der Waals surface area contributed by atoms with Gasteiger partial charge >= 0.3 is 6.36 Å². The molecule has 2 heterocycles. The number of hydrogen-bond donors (Lipinski definition) is 0. The fourth-order valence-corrected chi connectivity index (χ4v) is 4.17. The molecule has 1 saturated carbocycles. The van der Waals surface area contributed by atoms with Crippen LogP contribution in [-0.4, -0.2) is 47.5 Å². The summed E-state index contributed by atoms with van der Waals surface area (Å²) in [6, 6.07) is 5.01. The van der Waals surface area contributed by atoms with Crippen LogP contribution in [0.4, 0.5) is 13.2 Å². The summed E-state index contributed by atoms with van der Waals surface area (Å²) >= 11 is 0. The van der Waals surface area contributed by atoms with Crippen molar-refractivity contribution in [2.75, 3.05) is 20.2 Å². The number of piperidine rings is 1. The average Bonchev–Trinajstić information content (AvgIpc) is 3.41. The van der Waals surface area contributed by atoms with Crippen molar-refractivity contribution in [2.24, 2.45) is 5.92 Å². The van der Waals surface area contributed by atoms with E-state index in [9.17, 15) is 18.0 Å². The standard InChI is InChI=1S/C21H24F3N3O4/c1-29-13-17-25-19(26-31-17)20(12-14-2-3-14)8-10-27(11-9-20)18(28)15-4-6-16(7-5-15)30-21(22,23)24/h4-7,14H,2-3,8-13H2,1H3. The normalized spacial score (nSPS) is 18.8. The summed E-state index contributed by atoms with van der Waals surface area (Å²) < 4.78 is 51.2. The molecule has 2 aromatic rings. The van der Waals surface area contributed by atoms with E-state index in [0.29, 0.717) is 49.1 Å². The molecule has 1 amide bonds. The van der Waals surface area contributed by atoms with Gasteiger partial charge in [0.05, 0.1) is 0 Å². The lowest BCUT2D eigenvalue weighted by atomic mass is 9.73. The van der Waals surface area contributed by atoms with E-state index < -0.39 is 6.36 Å². The lowest BCUT2D eigenvalue weighted by molar-refractivity contribution is -0.274. The first kappa shape index (κ1) is 21.6. The van der Waals surface area contributed by atoms with Crippen LogP contribution < -0.4 is 4.74 Å². The molecule has 1 aliphatic heterocycles. The van der Waals surface area contributed by atoms with Crippen molar-refractivity contribution in [1.29, 1.82) is 0 Å². The second-order valence-corrected chi connectivity index (χ2v) is 8.24. The summed E-state index contributed by atoms with van der Waals surface area (Å²) in [4.78, 5) is 19.1. The highest BCUT2D eigenvalue weighted by Gasteiger charge is 2.44. The van der Waals surface area contributed by atoms with Crippen LogP contribution in [0.5, 0.6) is 5.75 Å². The summed E-state index contributed by atoms with van der Waals surface area (Å²) in [6.45, 7) is 1.28. The molecule has 0 unspecified atom stereocenters. The Bertz CT molecular complexity index is 901. The van der Waals surface area contributed by atoms with E-state index in [1.807, 2.05) is 0 Å². The van der Waals surface area contributed by atoms with Crippen molar-refractivity contribution < 1.29 is 32.0 Å². The molecule has 4 rings (SSSR count). The first-order chi connectivity index (χ1) is 14.8. The molecular formula is C21H24F3N3O4. The second kappa shape index (κ2) is 8.49. The minimum Gasteiger partial charge on any atom is -0.406 e. The largest absolute Gasteiger partial charge is 0.573 e. The van der Waals surface area contributed by atoms with Crippen molar-refractivity contribution in [3.63, 3.8) is 0 Å². The average molecular weight is 439 g/mol. The molecule has 168 valence electrons. The quantitative estimate of drug-likeness (QED) is 0.647. The Morgan fingerprint density at radius 2 is 1.90 bits per heavy atom. The van der Waals surface area contributed by atoms with Crippen LogP contribution >= 0.6 is 0 Å². The van der Waals surface area contributed by atoms with Crippen LogP contribution in [0.25, 0.3) is 0 Å². The summed E-state index contributed by atoms with van der Waals surface area (Å²) in [5.41, 5.74) is 0.0869. The van der Waals surface area contributed by atoms with E-state index >= 15 is 0 Å². The summed E-state index contributed by atoms with van der Waals surface area (Å²) in [6.07, 6.45) is -0.00199. The van der Waals surface area contributed by atoms with Gasteiger partial charge in [0.15, 0.2) is 5.82 Å². The Morgan fingerprint density at radius 1 is 1.23 bits per heavy atom. The van der Waals surface area contributed by atoms with Gasteiger partial charge in [-0.3, -0.25) is 4.79 Å². The molecule has 1 aromatic carbocycles. The van der Waals surface area contributed by atoms with Crippen molar-refractivity contribution in [1.82, 2.24) is 15.0 Å². The Balaban J connectivity index is 1.43. The smallest absolute Gasteiger partial charge is 0.406 e. The van der Waals surface area contributed by atoms with E-state index in [2.05, 4.69) is 14.9 Å². The molecule has 1 saturated heterocycles. The number of halogens is 3. The van der Waals surface area contributed by atoms with E-state index in [1.165, 1.54) is 25.0 Å². The van der Waals surface area contributed by atoms with Crippen LogP contribution in [-0.2, 0) is 16.8 Å². The highest BCUT2D eigenvalue weighted by Crippen LogP contribution is 2.46. The zero-order chi connectivity index (χ0) is 22.1. The van der Waals surface area contributed by atoms with Crippen LogP contribution in [0.1, 0.15) is 54.2 Å². The topological polar surface area (TPSA) is 77.7 Å². The van der Waals surface area contributed by atoms with E-state index in [0.717, 1.165) is 18.6 Å². The maximum absolute atomic E-state index is 12.9. The van der Waals surface area contributed by atoms with Gasteiger partial charge in [0.2, 0.25) is 0 Å². The molecule has 0 radical (unpaired) electrons. The Labute approximate surface area is 177 Å². The number of likely N-dealkylation sites (tertiary alicyclic amines) is 1. The molecule has 2 fully saturated rings. The molecule has 10 heteroatoms. The van der Waals surface area contributed by atoms with Gasteiger partial charge in [-0.05, 0) is 49.4 Å². The third-order valence-electron chi connectivity index (χ3n) is 5.93. The number of aromatic nitrogens is 2. The summed E-state index contributed by atoms with van der Waals surface area (Å²) in [7, 11) is 1.57. The zero-order valence-corrected chi connectivity index (χ0v) is 17.2. The molecule has 0 bridgehead atoms. The minimum atomic E-state index is -4.76. The van der Waals surface area contributed by atoms with Crippen molar-refractivity contribution in [3.8, 4) is 5.75 Å². The van der Waals surface area contributed by atoms with Crippen molar-refractivity contribution in [2.45, 2.75) is 50.5 Å². The Kier molecular flexibility index (Phi) is 5.92. The van der Waals surface area contributed by atoms with Gasteiger partial charge in [-0.25, -0.2) is 0 Å². The van der Waals surface area contributed by atoms with E-state index in [1.54, 1.807) is 12.0 Å². The van der Waals surface area contributed by atoms with Crippen LogP contribution in [0.2, 0.25) is 0 Å². The van der Waals surface area contributed by atoms with Gasteiger partial charge in [-0.2, -0.15) is 4.98 Å². The number of carbonyl (C=O) groups is 1. The molecule has 1 aromatic heterocycles. The molecule has 1 aliphatic carbocycles. The number of amides is 1. The second-order valence-electron chi connectivity index (χ2n) is 8.24. The number of benzene rings is 1. The molecule has 0 atom stereocenters. The monoisotopic (exact) mass is 439 g/mol. The van der Waals surface area contributed by atoms with E-state index in [4.69, 9.17) is 9.26 Å². The molecular weight excluding hydrogens is 415 g/mol. The zero-order valence-electron chi connectivity index (χ0n) is 17.2. The number of alkyl halides is 3. The molecule has 0 N–H and O–H groups in total. The number of carbonyl (C=O) groups excluding carboxylic acids is 1. The maximum atomic E-state index is 12.9. The predicted molar refractivity (Wildman–Crippen MR) is 102 cm³/mol. The third kappa shape index (κ3) is 5.17. The maximum Gasteiger partial charge on any atom is 0.573 e.